The van der Waals surface area contributed by atoms with E-state index in [1.165, 1.54) is 24.3 Å². The third kappa shape index (κ3) is 5.70. The van der Waals surface area contributed by atoms with Crippen LogP contribution in [-0.4, -0.2) is 21.4 Å². The second-order valence-electron chi connectivity index (χ2n) is 7.53. The highest BCUT2D eigenvalue weighted by Gasteiger charge is 2.33. The molecule has 1 heterocycles. The summed E-state index contributed by atoms with van der Waals surface area (Å²) in [6, 6.07) is 28.0. The molecule has 0 atom stereocenters. The van der Waals surface area contributed by atoms with Crippen LogP contribution in [0.15, 0.2) is 139 Å². The summed E-state index contributed by atoms with van der Waals surface area (Å²) < 4.78 is 55.7. The van der Waals surface area contributed by atoms with Gasteiger partial charge >= 0.3 is 0 Å². The van der Waals surface area contributed by atoms with Crippen LogP contribution < -0.4 is 5.49 Å². The van der Waals surface area contributed by atoms with Gasteiger partial charge in [-0.25, -0.2) is 21.8 Å². The van der Waals surface area contributed by atoms with Gasteiger partial charge in [0.1, 0.15) is 5.49 Å². The van der Waals surface area contributed by atoms with Crippen LogP contribution in [0.25, 0.3) is 0 Å². The molecule has 9 heteroatoms. The van der Waals surface area contributed by atoms with Crippen molar-refractivity contribution in [2.75, 3.05) is 0 Å². The Morgan fingerprint density at radius 2 is 1.20 bits per heavy atom. The summed E-state index contributed by atoms with van der Waals surface area (Å²) >= 11 is 3.44. The average molecular weight is 570 g/mol. The lowest BCUT2D eigenvalue weighted by Crippen LogP contribution is -2.21. The lowest BCUT2D eigenvalue weighted by molar-refractivity contribution is 0.595. The van der Waals surface area contributed by atoms with Gasteiger partial charge in [0, 0.05) is 17.2 Å². The first kappa shape index (κ1) is 24.8. The fraction of sp³-hybridized carbons (Fsp3) is 0.0385. The number of pyridine rings is 1. The standard InChI is InChI=1S/C26H21BrN2O4S2/c27-22-16-17-25(29(20-22)19-21-10-4-1-5-11-21)28-18-26(34(30,31)23-12-6-2-7-13-23)35(32,33)24-14-8-3-9-15-24/h1-18,20H,19H2/b28-25-. The Hall–Kier alpha value is -3.27. The fourth-order valence-corrected chi connectivity index (χ4v) is 7.36. The SMILES string of the molecule is O=S(=O)(C(=C/N=c1/ccc(Br)cn1Cc1ccccc1)S(=O)(=O)c1ccccc1)c1ccccc1. The van der Waals surface area contributed by atoms with E-state index in [9.17, 15) is 16.8 Å². The molecule has 4 aromatic rings. The van der Waals surface area contributed by atoms with Crippen LogP contribution in [0.1, 0.15) is 5.56 Å². The van der Waals surface area contributed by atoms with Crippen molar-refractivity contribution in [3.63, 3.8) is 0 Å². The molecule has 0 bridgehead atoms. The first-order valence-electron chi connectivity index (χ1n) is 10.5. The lowest BCUT2D eigenvalue weighted by Gasteiger charge is -2.11. The quantitative estimate of drug-likeness (QED) is 0.316. The Balaban J connectivity index is 1.92. The number of aromatic nitrogens is 1. The first-order chi connectivity index (χ1) is 16.8. The Labute approximate surface area is 212 Å². The van der Waals surface area contributed by atoms with Crippen LogP contribution in [0.3, 0.4) is 0 Å². The summed E-state index contributed by atoms with van der Waals surface area (Å²) in [4.78, 5) is 4.09. The van der Waals surface area contributed by atoms with Gasteiger partial charge in [-0.3, -0.25) is 0 Å². The van der Waals surface area contributed by atoms with E-state index < -0.39 is 23.9 Å². The molecule has 178 valence electrons. The number of halogens is 1. The van der Waals surface area contributed by atoms with Crippen molar-refractivity contribution in [1.29, 1.82) is 0 Å². The summed E-state index contributed by atoms with van der Waals surface area (Å²) in [5.41, 5.74) is 1.39. The van der Waals surface area contributed by atoms with Crippen molar-refractivity contribution in [2.24, 2.45) is 4.99 Å². The maximum absolute atomic E-state index is 13.5. The Morgan fingerprint density at radius 3 is 1.71 bits per heavy atom. The van der Waals surface area contributed by atoms with E-state index in [2.05, 4.69) is 20.9 Å². The highest BCUT2D eigenvalue weighted by molar-refractivity contribution is 9.10. The van der Waals surface area contributed by atoms with Gasteiger partial charge in [-0.15, -0.1) is 0 Å². The number of hydrogen-bond acceptors (Lipinski definition) is 5. The maximum Gasteiger partial charge on any atom is 0.219 e. The summed E-state index contributed by atoms with van der Waals surface area (Å²) in [5.74, 6) is 0. The molecule has 3 aromatic carbocycles. The highest BCUT2D eigenvalue weighted by Crippen LogP contribution is 2.29. The predicted octanol–water partition coefficient (Wildman–Crippen LogP) is 4.95. The van der Waals surface area contributed by atoms with E-state index >= 15 is 0 Å². The number of rotatable bonds is 7. The molecule has 4 rings (SSSR count). The smallest absolute Gasteiger partial charge is 0.219 e. The van der Waals surface area contributed by atoms with Gasteiger partial charge in [0.25, 0.3) is 0 Å². The van der Waals surface area contributed by atoms with E-state index in [0.717, 1.165) is 16.2 Å². The van der Waals surface area contributed by atoms with Crippen LogP contribution in [0.4, 0.5) is 0 Å². The van der Waals surface area contributed by atoms with E-state index in [0.29, 0.717) is 12.0 Å². The molecular formula is C26H21BrN2O4S2. The molecule has 0 saturated carbocycles. The molecule has 0 aliphatic carbocycles. The predicted molar refractivity (Wildman–Crippen MR) is 139 cm³/mol. The van der Waals surface area contributed by atoms with Crippen LogP contribution >= 0.6 is 15.9 Å². The van der Waals surface area contributed by atoms with Crippen molar-refractivity contribution >= 4 is 35.6 Å². The van der Waals surface area contributed by atoms with Gasteiger partial charge < -0.3 is 4.57 Å². The van der Waals surface area contributed by atoms with Gasteiger partial charge in [0.15, 0.2) is 4.24 Å². The highest BCUT2D eigenvalue weighted by atomic mass is 79.9. The Bertz CT molecular complexity index is 1560. The molecule has 0 unspecified atom stereocenters. The molecule has 1 aromatic heterocycles. The normalized spacial score (nSPS) is 12.3. The molecule has 0 radical (unpaired) electrons. The minimum absolute atomic E-state index is 0.131. The minimum atomic E-state index is -4.40. The topological polar surface area (TPSA) is 85.6 Å². The summed E-state index contributed by atoms with van der Waals surface area (Å²) in [6.07, 6.45) is 2.73. The summed E-state index contributed by atoms with van der Waals surface area (Å²) in [6.45, 7) is 0.457. The van der Waals surface area contributed by atoms with Crippen LogP contribution in [0, 0.1) is 0 Å². The largest absolute Gasteiger partial charge is 0.327 e. The van der Waals surface area contributed by atoms with Gasteiger partial charge in [0.2, 0.25) is 19.7 Å². The number of sulfone groups is 2. The molecule has 0 spiro atoms. The monoisotopic (exact) mass is 568 g/mol. The lowest BCUT2D eigenvalue weighted by atomic mass is 10.2. The maximum atomic E-state index is 13.5. The van der Waals surface area contributed by atoms with E-state index in [1.54, 1.807) is 59.3 Å². The molecule has 35 heavy (non-hydrogen) atoms. The zero-order valence-corrected chi connectivity index (χ0v) is 21.6. The summed E-state index contributed by atoms with van der Waals surface area (Å²) in [7, 11) is -8.79. The second-order valence-corrected chi connectivity index (χ2v) is 12.5. The van der Waals surface area contributed by atoms with Gasteiger partial charge in [-0.2, -0.15) is 0 Å². The summed E-state index contributed by atoms with van der Waals surface area (Å²) in [5, 5.41) is 0. The molecule has 0 aliphatic heterocycles. The number of benzene rings is 3. The van der Waals surface area contributed by atoms with Crippen LogP contribution in [-0.2, 0) is 26.2 Å². The van der Waals surface area contributed by atoms with E-state index in [-0.39, 0.29) is 9.79 Å². The van der Waals surface area contributed by atoms with Crippen molar-refractivity contribution in [1.82, 2.24) is 4.57 Å². The zero-order chi connectivity index (χ0) is 24.9. The van der Waals surface area contributed by atoms with Gasteiger partial charge in [0.05, 0.1) is 16.0 Å². The molecule has 6 nitrogen and oxygen atoms in total. The Morgan fingerprint density at radius 1 is 0.714 bits per heavy atom. The third-order valence-corrected chi connectivity index (χ3v) is 9.94. The molecule has 0 amide bonds. The number of hydrogen-bond donors (Lipinski definition) is 0. The zero-order valence-electron chi connectivity index (χ0n) is 18.4. The average Bonchev–Trinajstić information content (AvgIpc) is 2.87. The van der Waals surface area contributed by atoms with E-state index in [1.807, 2.05) is 30.3 Å². The number of nitrogens with zero attached hydrogens (tertiary/aromatic N) is 2. The van der Waals surface area contributed by atoms with Gasteiger partial charge in [-0.1, -0.05) is 66.7 Å². The molecule has 0 N–H and O–H groups in total. The fourth-order valence-electron chi connectivity index (χ4n) is 3.37. The molecular weight excluding hydrogens is 548 g/mol. The minimum Gasteiger partial charge on any atom is -0.327 e. The molecule has 0 aliphatic rings. The third-order valence-electron chi connectivity index (χ3n) is 5.10. The molecule has 0 fully saturated rings. The second kappa shape index (κ2) is 10.6. The van der Waals surface area contributed by atoms with Crippen molar-refractivity contribution in [2.45, 2.75) is 16.3 Å². The Kier molecular flexibility index (Phi) is 7.49. The van der Waals surface area contributed by atoms with Gasteiger partial charge in [-0.05, 0) is 57.9 Å². The van der Waals surface area contributed by atoms with Crippen molar-refractivity contribution in [3.8, 4) is 0 Å². The first-order valence-corrected chi connectivity index (χ1v) is 14.3. The van der Waals surface area contributed by atoms with Crippen molar-refractivity contribution in [3.05, 3.63) is 135 Å². The molecule has 0 saturated heterocycles. The van der Waals surface area contributed by atoms with Crippen molar-refractivity contribution < 1.29 is 16.8 Å². The van der Waals surface area contributed by atoms with Crippen LogP contribution in [0.5, 0.6) is 0 Å². The van der Waals surface area contributed by atoms with Crippen LogP contribution in [0.2, 0.25) is 0 Å². The van der Waals surface area contributed by atoms with E-state index in [4.69, 9.17) is 0 Å².